The summed E-state index contributed by atoms with van der Waals surface area (Å²) in [5.74, 6) is 0.990. The number of rotatable bonds is 4. The molecular formula is C9H13N5O2. The second kappa shape index (κ2) is 4.40. The lowest BCUT2D eigenvalue weighted by molar-refractivity contribution is 0.168. The molecule has 2 rings (SSSR count). The average Bonchev–Trinajstić information content (AvgIpc) is 2.87. The maximum atomic E-state index is 9.55. The van der Waals surface area contributed by atoms with Crippen molar-refractivity contribution in [2.45, 2.75) is 32.9 Å². The van der Waals surface area contributed by atoms with Crippen molar-refractivity contribution in [2.24, 2.45) is 0 Å². The molecule has 7 heteroatoms. The Kier molecular flexibility index (Phi) is 2.95. The highest BCUT2D eigenvalue weighted by atomic mass is 16.4. The van der Waals surface area contributed by atoms with Crippen LogP contribution in [0.3, 0.4) is 0 Å². The number of aromatic nitrogens is 5. The van der Waals surface area contributed by atoms with Crippen LogP contribution in [0.1, 0.15) is 36.9 Å². The molecule has 0 amide bonds. The lowest BCUT2D eigenvalue weighted by Crippen LogP contribution is -2.00. The van der Waals surface area contributed by atoms with Crippen molar-refractivity contribution in [2.75, 3.05) is 0 Å². The van der Waals surface area contributed by atoms with Gasteiger partial charge in [-0.15, -0.1) is 15.3 Å². The minimum Gasteiger partial charge on any atom is -0.424 e. The highest BCUT2D eigenvalue weighted by molar-refractivity contribution is 4.97. The molecule has 0 aromatic carbocycles. The van der Waals surface area contributed by atoms with Gasteiger partial charge in [0.05, 0.1) is 12.3 Å². The van der Waals surface area contributed by atoms with Gasteiger partial charge >= 0.3 is 0 Å². The van der Waals surface area contributed by atoms with Gasteiger partial charge in [0.25, 0.3) is 0 Å². The molecule has 0 saturated heterocycles. The van der Waals surface area contributed by atoms with Gasteiger partial charge in [0.2, 0.25) is 11.8 Å². The second-order valence-electron chi connectivity index (χ2n) is 3.48. The molecule has 0 fully saturated rings. The molecule has 16 heavy (non-hydrogen) atoms. The van der Waals surface area contributed by atoms with Gasteiger partial charge in [-0.05, 0) is 6.42 Å². The molecule has 0 bridgehead atoms. The minimum atomic E-state index is -0.571. The normalized spacial score (nSPS) is 12.9. The van der Waals surface area contributed by atoms with Gasteiger partial charge in [0, 0.05) is 6.92 Å². The van der Waals surface area contributed by atoms with Crippen LogP contribution in [0.5, 0.6) is 0 Å². The Morgan fingerprint density at radius 2 is 2.25 bits per heavy atom. The fraction of sp³-hybridized carbons (Fsp3) is 0.556. The first kappa shape index (κ1) is 10.7. The zero-order chi connectivity index (χ0) is 11.5. The van der Waals surface area contributed by atoms with Gasteiger partial charge < -0.3 is 9.52 Å². The quantitative estimate of drug-likeness (QED) is 0.809. The Bertz CT molecular complexity index is 464. The van der Waals surface area contributed by atoms with Crippen molar-refractivity contribution in [1.82, 2.24) is 25.2 Å². The zero-order valence-electron chi connectivity index (χ0n) is 9.16. The molecule has 2 aromatic heterocycles. The molecule has 0 radical (unpaired) electrons. The van der Waals surface area contributed by atoms with E-state index in [0.29, 0.717) is 30.4 Å². The predicted octanol–water partition coefficient (Wildman–Crippen LogP) is 0.461. The number of aryl methyl sites for hydroxylation is 1. The van der Waals surface area contributed by atoms with E-state index in [0.717, 1.165) is 0 Å². The molecule has 86 valence electrons. The molecule has 0 aliphatic rings. The molecule has 1 N–H and O–H groups in total. The van der Waals surface area contributed by atoms with Gasteiger partial charge in [0.1, 0.15) is 12.2 Å². The van der Waals surface area contributed by atoms with Crippen LogP contribution in [0, 0.1) is 6.92 Å². The summed E-state index contributed by atoms with van der Waals surface area (Å²) >= 11 is 0. The molecule has 1 unspecified atom stereocenters. The Morgan fingerprint density at radius 1 is 1.44 bits per heavy atom. The summed E-state index contributed by atoms with van der Waals surface area (Å²) in [6.07, 6.45) is 1.71. The average molecular weight is 223 g/mol. The fourth-order valence-corrected chi connectivity index (χ4v) is 1.29. The summed E-state index contributed by atoms with van der Waals surface area (Å²) in [5, 5.41) is 24.8. The number of nitrogens with zero attached hydrogens (tertiary/aromatic N) is 5. The Morgan fingerprint density at radius 3 is 2.88 bits per heavy atom. The highest BCUT2D eigenvalue weighted by Crippen LogP contribution is 2.12. The van der Waals surface area contributed by atoms with Crippen LogP contribution >= 0.6 is 0 Å². The summed E-state index contributed by atoms with van der Waals surface area (Å²) in [6, 6.07) is 0. The molecule has 7 nitrogen and oxygen atoms in total. The summed E-state index contributed by atoms with van der Waals surface area (Å²) in [6.45, 7) is 3.97. The molecule has 2 aromatic rings. The Balaban J connectivity index is 2.08. The van der Waals surface area contributed by atoms with Crippen molar-refractivity contribution in [3.05, 3.63) is 23.7 Å². The maximum absolute atomic E-state index is 9.55. The van der Waals surface area contributed by atoms with Crippen LogP contribution in [-0.2, 0) is 6.54 Å². The monoisotopic (exact) mass is 223 g/mol. The van der Waals surface area contributed by atoms with E-state index >= 15 is 0 Å². The third kappa shape index (κ3) is 2.25. The van der Waals surface area contributed by atoms with Crippen molar-refractivity contribution < 1.29 is 9.52 Å². The largest absolute Gasteiger partial charge is 0.424 e. The van der Waals surface area contributed by atoms with Crippen LogP contribution in [0.25, 0.3) is 0 Å². The standard InChI is InChI=1S/C9H13N5O2/c1-3-8(15)7-4-14(13-11-7)5-9-12-10-6(2)16-9/h4,8,15H,3,5H2,1-2H3. The van der Waals surface area contributed by atoms with E-state index in [1.165, 1.54) is 0 Å². The molecule has 1 atom stereocenters. The molecule has 0 aliphatic carbocycles. The van der Waals surface area contributed by atoms with Gasteiger partial charge in [-0.1, -0.05) is 12.1 Å². The summed E-state index contributed by atoms with van der Waals surface area (Å²) in [4.78, 5) is 0. The first-order valence-corrected chi connectivity index (χ1v) is 5.06. The first-order chi connectivity index (χ1) is 7.69. The van der Waals surface area contributed by atoms with Gasteiger partial charge in [-0.3, -0.25) is 0 Å². The van der Waals surface area contributed by atoms with Crippen LogP contribution in [0.2, 0.25) is 0 Å². The van der Waals surface area contributed by atoms with E-state index < -0.39 is 6.10 Å². The smallest absolute Gasteiger partial charge is 0.237 e. The van der Waals surface area contributed by atoms with Crippen molar-refractivity contribution >= 4 is 0 Å². The number of hydrogen-bond donors (Lipinski definition) is 1. The Hall–Kier alpha value is -1.76. The van der Waals surface area contributed by atoms with E-state index in [1.807, 2.05) is 6.92 Å². The third-order valence-corrected chi connectivity index (χ3v) is 2.15. The van der Waals surface area contributed by atoms with Crippen LogP contribution in [0.15, 0.2) is 10.6 Å². The fourth-order valence-electron chi connectivity index (χ4n) is 1.29. The number of aliphatic hydroxyl groups excluding tert-OH is 1. The van der Waals surface area contributed by atoms with Crippen molar-refractivity contribution in [1.29, 1.82) is 0 Å². The summed E-state index contributed by atoms with van der Waals surface area (Å²) < 4.78 is 6.77. The van der Waals surface area contributed by atoms with Crippen LogP contribution < -0.4 is 0 Å². The van der Waals surface area contributed by atoms with Crippen molar-refractivity contribution in [3.63, 3.8) is 0 Å². The summed E-state index contributed by atoms with van der Waals surface area (Å²) in [7, 11) is 0. The predicted molar refractivity (Wildman–Crippen MR) is 53.4 cm³/mol. The number of hydrogen-bond acceptors (Lipinski definition) is 6. The molecule has 0 spiro atoms. The lowest BCUT2D eigenvalue weighted by Gasteiger charge is -2.00. The summed E-state index contributed by atoms with van der Waals surface area (Å²) in [5.41, 5.74) is 0.554. The topological polar surface area (TPSA) is 89.9 Å². The lowest BCUT2D eigenvalue weighted by atomic mass is 10.2. The van der Waals surface area contributed by atoms with E-state index in [1.54, 1.807) is 17.8 Å². The van der Waals surface area contributed by atoms with Gasteiger partial charge in [-0.25, -0.2) is 4.68 Å². The van der Waals surface area contributed by atoms with E-state index in [-0.39, 0.29) is 0 Å². The molecular weight excluding hydrogens is 210 g/mol. The van der Waals surface area contributed by atoms with E-state index in [2.05, 4.69) is 20.5 Å². The minimum absolute atomic E-state index is 0.365. The maximum Gasteiger partial charge on any atom is 0.237 e. The first-order valence-electron chi connectivity index (χ1n) is 5.06. The van der Waals surface area contributed by atoms with E-state index in [9.17, 15) is 5.11 Å². The van der Waals surface area contributed by atoms with Crippen LogP contribution in [0.4, 0.5) is 0 Å². The molecule has 0 aliphatic heterocycles. The zero-order valence-corrected chi connectivity index (χ0v) is 9.16. The highest BCUT2D eigenvalue weighted by Gasteiger charge is 2.11. The molecule has 0 saturated carbocycles. The number of aliphatic hydroxyl groups is 1. The SMILES string of the molecule is CCC(O)c1cn(Cc2nnc(C)o2)nn1. The molecule has 2 heterocycles. The van der Waals surface area contributed by atoms with Crippen molar-refractivity contribution in [3.8, 4) is 0 Å². The van der Waals surface area contributed by atoms with Crippen LogP contribution in [-0.4, -0.2) is 30.3 Å². The van der Waals surface area contributed by atoms with Gasteiger partial charge in [-0.2, -0.15) is 0 Å². The van der Waals surface area contributed by atoms with Gasteiger partial charge in [0.15, 0.2) is 0 Å². The third-order valence-electron chi connectivity index (χ3n) is 2.15. The Labute approximate surface area is 92.1 Å². The van der Waals surface area contributed by atoms with E-state index in [4.69, 9.17) is 4.42 Å². The second-order valence-corrected chi connectivity index (χ2v) is 3.48.